The van der Waals surface area contributed by atoms with Crippen LogP contribution in [-0.2, 0) is 5.41 Å². The summed E-state index contributed by atoms with van der Waals surface area (Å²) in [5, 5.41) is 3.65. The van der Waals surface area contributed by atoms with Gasteiger partial charge >= 0.3 is 0 Å². The van der Waals surface area contributed by atoms with E-state index in [0.29, 0.717) is 5.41 Å². The summed E-state index contributed by atoms with van der Waals surface area (Å²) >= 11 is 0. The van der Waals surface area contributed by atoms with Crippen molar-refractivity contribution in [2.45, 2.75) is 58.8 Å². The van der Waals surface area contributed by atoms with Crippen LogP contribution in [0.15, 0.2) is 30.3 Å². The lowest BCUT2D eigenvalue weighted by molar-refractivity contribution is 0.297. The zero-order valence-electron chi connectivity index (χ0n) is 13.2. The second-order valence-corrected chi connectivity index (χ2v) is 5.89. The van der Waals surface area contributed by atoms with Gasteiger partial charge in [0.15, 0.2) is 0 Å². The van der Waals surface area contributed by atoms with Gasteiger partial charge in [0.25, 0.3) is 0 Å². The Morgan fingerprint density at radius 3 is 2.32 bits per heavy atom. The minimum Gasteiger partial charge on any atom is -0.316 e. The van der Waals surface area contributed by atoms with Crippen molar-refractivity contribution in [3.8, 4) is 0 Å². The SMILES string of the molecule is CCCNCC(CC)(CC(C)CC)c1ccccc1. The predicted molar refractivity (Wildman–Crippen MR) is 85.6 cm³/mol. The maximum atomic E-state index is 3.65. The lowest BCUT2D eigenvalue weighted by Crippen LogP contribution is -2.39. The first-order valence-electron chi connectivity index (χ1n) is 7.94. The molecule has 1 heteroatoms. The van der Waals surface area contributed by atoms with Crippen LogP contribution in [0.25, 0.3) is 0 Å². The van der Waals surface area contributed by atoms with Crippen molar-refractivity contribution in [1.29, 1.82) is 0 Å². The second-order valence-electron chi connectivity index (χ2n) is 5.89. The van der Waals surface area contributed by atoms with E-state index in [9.17, 15) is 0 Å². The zero-order valence-corrected chi connectivity index (χ0v) is 13.2. The van der Waals surface area contributed by atoms with Gasteiger partial charge in [-0.3, -0.25) is 0 Å². The highest BCUT2D eigenvalue weighted by Crippen LogP contribution is 2.35. The van der Waals surface area contributed by atoms with E-state index in [1.165, 1.54) is 31.2 Å². The van der Waals surface area contributed by atoms with Crippen molar-refractivity contribution in [2.24, 2.45) is 5.92 Å². The third kappa shape index (κ3) is 4.65. The third-order valence-corrected chi connectivity index (χ3v) is 4.39. The van der Waals surface area contributed by atoms with Crippen LogP contribution in [-0.4, -0.2) is 13.1 Å². The average Bonchev–Trinajstić information content (AvgIpc) is 2.47. The largest absolute Gasteiger partial charge is 0.316 e. The molecule has 0 aromatic heterocycles. The summed E-state index contributed by atoms with van der Waals surface area (Å²) in [5.74, 6) is 0.781. The Morgan fingerprint density at radius 2 is 1.79 bits per heavy atom. The molecule has 1 aromatic carbocycles. The van der Waals surface area contributed by atoms with Gasteiger partial charge in [-0.15, -0.1) is 0 Å². The Labute approximate surface area is 119 Å². The topological polar surface area (TPSA) is 12.0 Å². The summed E-state index contributed by atoms with van der Waals surface area (Å²) < 4.78 is 0. The predicted octanol–water partition coefficient (Wildman–Crippen LogP) is 4.77. The van der Waals surface area contributed by atoms with Crippen LogP contribution in [0.1, 0.15) is 58.9 Å². The first kappa shape index (κ1) is 16.2. The summed E-state index contributed by atoms with van der Waals surface area (Å²) in [4.78, 5) is 0. The fourth-order valence-corrected chi connectivity index (χ4v) is 2.87. The Kier molecular flexibility index (Phi) is 7.15. The van der Waals surface area contributed by atoms with E-state index in [-0.39, 0.29) is 0 Å². The highest BCUT2D eigenvalue weighted by atomic mass is 14.9. The summed E-state index contributed by atoms with van der Waals surface area (Å²) in [6, 6.07) is 11.1. The molecule has 1 nitrogen and oxygen atoms in total. The van der Waals surface area contributed by atoms with E-state index in [2.05, 4.69) is 63.3 Å². The van der Waals surface area contributed by atoms with Crippen LogP contribution in [0.5, 0.6) is 0 Å². The number of hydrogen-bond acceptors (Lipinski definition) is 1. The average molecular weight is 261 g/mol. The molecule has 2 atom stereocenters. The molecule has 0 heterocycles. The van der Waals surface area contributed by atoms with Gasteiger partial charge in [0.1, 0.15) is 0 Å². The molecule has 0 amide bonds. The molecular formula is C18H31N. The Morgan fingerprint density at radius 1 is 1.11 bits per heavy atom. The first-order valence-corrected chi connectivity index (χ1v) is 7.94. The van der Waals surface area contributed by atoms with Gasteiger partial charge in [-0.2, -0.15) is 0 Å². The molecule has 0 saturated heterocycles. The quantitative estimate of drug-likeness (QED) is 0.631. The summed E-state index contributed by atoms with van der Waals surface area (Å²) in [6.45, 7) is 11.5. The van der Waals surface area contributed by atoms with E-state index >= 15 is 0 Å². The molecule has 1 N–H and O–H groups in total. The van der Waals surface area contributed by atoms with Crippen molar-refractivity contribution >= 4 is 0 Å². The standard InChI is InChI=1S/C18H31N/c1-5-13-19-15-18(7-3,14-16(4)6-2)17-11-9-8-10-12-17/h8-12,16,19H,5-7,13-15H2,1-4H3. The number of benzene rings is 1. The lowest BCUT2D eigenvalue weighted by Gasteiger charge is -2.36. The molecular weight excluding hydrogens is 230 g/mol. The minimum absolute atomic E-state index is 0.297. The van der Waals surface area contributed by atoms with E-state index in [1.807, 2.05) is 0 Å². The van der Waals surface area contributed by atoms with Crippen LogP contribution >= 0.6 is 0 Å². The van der Waals surface area contributed by atoms with Gasteiger partial charge in [-0.1, -0.05) is 64.4 Å². The fraction of sp³-hybridized carbons (Fsp3) is 0.667. The Hall–Kier alpha value is -0.820. The van der Waals surface area contributed by atoms with Gasteiger partial charge < -0.3 is 5.32 Å². The number of nitrogens with one attached hydrogen (secondary N) is 1. The molecule has 1 rings (SSSR count). The molecule has 2 unspecified atom stereocenters. The first-order chi connectivity index (χ1) is 9.18. The van der Waals surface area contributed by atoms with Crippen LogP contribution in [0, 0.1) is 5.92 Å². The van der Waals surface area contributed by atoms with Crippen molar-refractivity contribution < 1.29 is 0 Å². The Bertz CT molecular complexity index is 333. The highest BCUT2D eigenvalue weighted by molar-refractivity contribution is 5.26. The van der Waals surface area contributed by atoms with E-state index in [4.69, 9.17) is 0 Å². The van der Waals surface area contributed by atoms with Crippen LogP contribution in [0.4, 0.5) is 0 Å². The van der Waals surface area contributed by atoms with E-state index in [1.54, 1.807) is 0 Å². The molecule has 108 valence electrons. The van der Waals surface area contributed by atoms with E-state index < -0.39 is 0 Å². The maximum absolute atomic E-state index is 3.65. The highest BCUT2D eigenvalue weighted by Gasteiger charge is 2.31. The summed E-state index contributed by atoms with van der Waals surface area (Å²) in [7, 11) is 0. The van der Waals surface area contributed by atoms with Gasteiger partial charge in [0.2, 0.25) is 0 Å². The zero-order chi connectivity index (χ0) is 14.1. The molecule has 0 radical (unpaired) electrons. The molecule has 0 aliphatic carbocycles. The van der Waals surface area contributed by atoms with Crippen LogP contribution in [0.3, 0.4) is 0 Å². The van der Waals surface area contributed by atoms with Crippen molar-refractivity contribution in [1.82, 2.24) is 5.32 Å². The molecule has 1 aromatic rings. The molecule has 19 heavy (non-hydrogen) atoms. The molecule has 0 fully saturated rings. The normalized spacial score (nSPS) is 16.0. The third-order valence-electron chi connectivity index (χ3n) is 4.39. The number of hydrogen-bond donors (Lipinski definition) is 1. The summed E-state index contributed by atoms with van der Waals surface area (Å²) in [6.07, 6.45) is 4.96. The summed E-state index contributed by atoms with van der Waals surface area (Å²) in [5.41, 5.74) is 1.80. The van der Waals surface area contributed by atoms with Gasteiger partial charge in [0.05, 0.1) is 0 Å². The smallest absolute Gasteiger partial charge is 0.00776 e. The van der Waals surface area contributed by atoms with Crippen LogP contribution < -0.4 is 5.32 Å². The fourth-order valence-electron chi connectivity index (χ4n) is 2.87. The molecule has 0 saturated carbocycles. The lowest BCUT2D eigenvalue weighted by atomic mass is 9.71. The van der Waals surface area contributed by atoms with Crippen LogP contribution in [0.2, 0.25) is 0 Å². The number of rotatable bonds is 9. The molecule has 0 bridgehead atoms. The molecule has 0 aliphatic heterocycles. The monoisotopic (exact) mass is 261 g/mol. The van der Waals surface area contributed by atoms with E-state index in [0.717, 1.165) is 19.0 Å². The van der Waals surface area contributed by atoms with Crippen molar-refractivity contribution in [3.63, 3.8) is 0 Å². The maximum Gasteiger partial charge on any atom is 0.00776 e. The second kappa shape index (κ2) is 8.37. The van der Waals surface area contributed by atoms with Gasteiger partial charge in [0, 0.05) is 12.0 Å². The molecule has 0 spiro atoms. The van der Waals surface area contributed by atoms with Gasteiger partial charge in [-0.25, -0.2) is 0 Å². The van der Waals surface area contributed by atoms with Crippen molar-refractivity contribution in [2.75, 3.05) is 13.1 Å². The molecule has 0 aliphatic rings. The Balaban J connectivity index is 2.92. The van der Waals surface area contributed by atoms with Gasteiger partial charge in [-0.05, 0) is 37.3 Å². The minimum atomic E-state index is 0.297. The van der Waals surface area contributed by atoms with Crippen molar-refractivity contribution in [3.05, 3.63) is 35.9 Å².